The Labute approximate surface area is 97.7 Å². The van der Waals surface area contributed by atoms with Gasteiger partial charge < -0.3 is 10.0 Å². The molecule has 1 aromatic carbocycles. The fraction of sp³-hybridized carbons (Fsp3) is 0.333. The van der Waals surface area contributed by atoms with Crippen molar-refractivity contribution in [1.29, 1.82) is 0 Å². The van der Waals surface area contributed by atoms with Crippen LogP contribution in [0.15, 0.2) is 18.2 Å². The molecule has 1 N–H and O–H groups in total. The van der Waals surface area contributed by atoms with Crippen LogP contribution >= 0.6 is 0 Å². The first-order valence-corrected chi connectivity index (χ1v) is 5.41. The number of hydrogen-bond donors (Lipinski definition) is 1. The molecule has 4 nitrogen and oxygen atoms in total. The number of aliphatic carboxylic acids is 1. The Kier molecular flexibility index (Phi) is 3.08. The molecule has 0 bridgehead atoms. The number of carboxylic acid groups (broad SMARTS) is 1. The second-order valence-electron chi connectivity index (χ2n) is 3.99. The average Bonchev–Trinajstić information content (AvgIpc) is 2.81. The van der Waals surface area contributed by atoms with Gasteiger partial charge in [0, 0.05) is 13.1 Å². The van der Waals surface area contributed by atoms with E-state index in [0.717, 1.165) is 32.0 Å². The van der Waals surface area contributed by atoms with Crippen molar-refractivity contribution in [2.75, 3.05) is 18.0 Å². The van der Waals surface area contributed by atoms with Gasteiger partial charge in [-0.15, -0.1) is 0 Å². The number of halogens is 1. The number of rotatable bonds is 3. The summed E-state index contributed by atoms with van der Waals surface area (Å²) in [7, 11) is 0. The molecule has 90 valence electrons. The van der Waals surface area contributed by atoms with Crippen molar-refractivity contribution >= 4 is 17.4 Å². The van der Waals surface area contributed by atoms with Crippen LogP contribution in [0.1, 0.15) is 23.2 Å². The molecular formula is C12H12FNO3. The minimum Gasteiger partial charge on any atom is -0.475 e. The third kappa shape index (κ3) is 2.27. The predicted octanol–water partition coefficient (Wildman–Crippen LogP) is 1.69. The Morgan fingerprint density at radius 2 is 1.88 bits per heavy atom. The summed E-state index contributed by atoms with van der Waals surface area (Å²) in [5.41, 5.74) is 0.440. The molecule has 1 aliphatic rings. The van der Waals surface area contributed by atoms with E-state index in [9.17, 15) is 14.0 Å². The van der Waals surface area contributed by atoms with Gasteiger partial charge in [-0.05, 0) is 31.0 Å². The second-order valence-corrected chi connectivity index (χ2v) is 3.99. The van der Waals surface area contributed by atoms with Crippen molar-refractivity contribution in [3.05, 3.63) is 29.6 Å². The van der Waals surface area contributed by atoms with Crippen LogP contribution in [0.25, 0.3) is 0 Å². The maximum atomic E-state index is 13.2. The molecule has 0 saturated carbocycles. The number of hydrogen-bond acceptors (Lipinski definition) is 3. The van der Waals surface area contributed by atoms with Crippen LogP contribution in [-0.2, 0) is 4.79 Å². The highest BCUT2D eigenvalue weighted by Crippen LogP contribution is 2.26. The summed E-state index contributed by atoms with van der Waals surface area (Å²) >= 11 is 0. The highest BCUT2D eigenvalue weighted by Gasteiger charge is 2.23. The van der Waals surface area contributed by atoms with Gasteiger partial charge in [0.25, 0.3) is 5.78 Å². The van der Waals surface area contributed by atoms with Crippen molar-refractivity contribution in [3.63, 3.8) is 0 Å². The molecular weight excluding hydrogens is 225 g/mol. The van der Waals surface area contributed by atoms with Gasteiger partial charge in [-0.2, -0.15) is 0 Å². The number of ketones is 1. The number of nitrogens with zero attached hydrogens (tertiary/aromatic N) is 1. The van der Waals surface area contributed by atoms with Crippen LogP contribution in [0.5, 0.6) is 0 Å². The molecule has 1 saturated heterocycles. The number of benzene rings is 1. The summed E-state index contributed by atoms with van der Waals surface area (Å²) in [6.07, 6.45) is 1.94. The largest absolute Gasteiger partial charge is 0.475 e. The first kappa shape index (κ1) is 11.6. The lowest BCUT2D eigenvalue weighted by molar-refractivity contribution is -0.131. The standard InChI is InChI=1S/C12H12FNO3/c13-8-3-4-9(11(15)12(16)17)10(7-8)14-5-1-2-6-14/h3-4,7H,1-2,5-6H2,(H,16,17). The zero-order valence-electron chi connectivity index (χ0n) is 9.15. The molecule has 0 aliphatic carbocycles. The number of carboxylic acids is 1. The van der Waals surface area contributed by atoms with Crippen LogP contribution in [0.3, 0.4) is 0 Å². The molecule has 1 aliphatic heterocycles. The summed E-state index contributed by atoms with van der Waals surface area (Å²) in [5.74, 6) is -2.97. The van der Waals surface area contributed by atoms with E-state index in [1.54, 1.807) is 0 Å². The molecule has 1 heterocycles. The SMILES string of the molecule is O=C(O)C(=O)c1ccc(F)cc1N1CCCC1. The first-order valence-electron chi connectivity index (χ1n) is 5.41. The molecule has 0 amide bonds. The number of carbonyl (C=O) groups is 2. The van der Waals surface area contributed by atoms with Crippen molar-refractivity contribution in [1.82, 2.24) is 0 Å². The third-order valence-corrected chi connectivity index (χ3v) is 2.85. The summed E-state index contributed by atoms with van der Waals surface area (Å²) in [6.45, 7) is 1.45. The Morgan fingerprint density at radius 3 is 2.47 bits per heavy atom. The summed E-state index contributed by atoms with van der Waals surface area (Å²) in [5, 5.41) is 8.71. The van der Waals surface area contributed by atoms with Gasteiger partial charge in [0.2, 0.25) is 0 Å². The van der Waals surface area contributed by atoms with Gasteiger partial charge >= 0.3 is 5.97 Å². The van der Waals surface area contributed by atoms with Crippen molar-refractivity contribution in [2.45, 2.75) is 12.8 Å². The topological polar surface area (TPSA) is 57.6 Å². The van der Waals surface area contributed by atoms with E-state index in [1.807, 2.05) is 4.90 Å². The summed E-state index contributed by atoms with van der Waals surface area (Å²) in [6, 6.07) is 3.57. The smallest absolute Gasteiger partial charge is 0.377 e. The van der Waals surface area contributed by atoms with Crippen molar-refractivity contribution < 1.29 is 19.1 Å². The zero-order chi connectivity index (χ0) is 12.4. The zero-order valence-corrected chi connectivity index (χ0v) is 9.15. The monoisotopic (exact) mass is 237 g/mol. The number of carbonyl (C=O) groups excluding carboxylic acids is 1. The Morgan fingerprint density at radius 1 is 1.24 bits per heavy atom. The normalized spacial score (nSPS) is 15.0. The molecule has 0 atom stereocenters. The van der Waals surface area contributed by atoms with E-state index in [2.05, 4.69) is 0 Å². The van der Waals surface area contributed by atoms with Gasteiger partial charge in [0.1, 0.15) is 5.82 Å². The van der Waals surface area contributed by atoms with Gasteiger partial charge in [-0.1, -0.05) is 0 Å². The second kappa shape index (κ2) is 4.53. The van der Waals surface area contributed by atoms with E-state index in [0.29, 0.717) is 5.69 Å². The fourth-order valence-corrected chi connectivity index (χ4v) is 2.03. The Hall–Kier alpha value is -1.91. The third-order valence-electron chi connectivity index (χ3n) is 2.85. The van der Waals surface area contributed by atoms with Crippen LogP contribution in [-0.4, -0.2) is 29.9 Å². The lowest BCUT2D eigenvalue weighted by atomic mass is 10.1. The van der Waals surface area contributed by atoms with Crippen molar-refractivity contribution in [2.24, 2.45) is 0 Å². The Bertz CT molecular complexity index is 467. The molecule has 0 radical (unpaired) electrons. The number of anilines is 1. The van der Waals surface area contributed by atoms with Crippen LogP contribution in [0, 0.1) is 5.82 Å². The molecule has 17 heavy (non-hydrogen) atoms. The maximum Gasteiger partial charge on any atom is 0.377 e. The van der Waals surface area contributed by atoms with Crippen LogP contribution < -0.4 is 4.90 Å². The average molecular weight is 237 g/mol. The van der Waals surface area contributed by atoms with E-state index >= 15 is 0 Å². The van der Waals surface area contributed by atoms with E-state index in [-0.39, 0.29) is 5.56 Å². The minimum absolute atomic E-state index is 0.0563. The molecule has 0 unspecified atom stereocenters. The molecule has 0 spiro atoms. The molecule has 1 aromatic rings. The predicted molar refractivity (Wildman–Crippen MR) is 59.8 cm³/mol. The van der Waals surface area contributed by atoms with E-state index in [4.69, 9.17) is 5.11 Å². The highest BCUT2D eigenvalue weighted by atomic mass is 19.1. The van der Waals surface area contributed by atoms with Gasteiger partial charge in [0.15, 0.2) is 0 Å². The maximum absolute atomic E-state index is 13.2. The highest BCUT2D eigenvalue weighted by molar-refractivity contribution is 6.41. The molecule has 2 rings (SSSR count). The Balaban J connectivity index is 2.43. The van der Waals surface area contributed by atoms with Gasteiger partial charge in [0.05, 0.1) is 11.3 Å². The summed E-state index contributed by atoms with van der Waals surface area (Å²) < 4.78 is 13.2. The first-order chi connectivity index (χ1) is 8.09. The lowest BCUT2D eigenvalue weighted by Crippen LogP contribution is -2.23. The van der Waals surface area contributed by atoms with Crippen LogP contribution in [0.4, 0.5) is 10.1 Å². The van der Waals surface area contributed by atoms with Gasteiger partial charge in [-0.25, -0.2) is 9.18 Å². The molecule has 0 aromatic heterocycles. The van der Waals surface area contributed by atoms with Crippen molar-refractivity contribution in [3.8, 4) is 0 Å². The molecule has 5 heteroatoms. The summed E-state index contributed by atoms with van der Waals surface area (Å²) in [4.78, 5) is 24.0. The quantitative estimate of drug-likeness (QED) is 0.642. The van der Waals surface area contributed by atoms with Gasteiger partial charge in [-0.3, -0.25) is 4.79 Å². The molecule has 1 fully saturated rings. The lowest BCUT2D eigenvalue weighted by Gasteiger charge is -2.20. The fourth-order valence-electron chi connectivity index (χ4n) is 2.03. The van der Waals surface area contributed by atoms with Crippen LogP contribution in [0.2, 0.25) is 0 Å². The van der Waals surface area contributed by atoms with E-state index < -0.39 is 17.6 Å². The minimum atomic E-state index is -1.52. The van der Waals surface area contributed by atoms with E-state index in [1.165, 1.54) is 12.1 Å². The number of Topliss-reactive ketones (excluding diaryl/α,β-unsaturated/α-hetero) is 1.